The molecule has 0 aromatic heterocycles. The van der Waals surface area contributed by atoms with Gasteiger partial charge in [-0.15, -0.1) is 0 Å². The number of esters is 2. The zero-order valence-electron chi connectivity index (χ0n) is 23.3. The Hall–Kier alpha value is -3.10. The second-order valence-electron chi connectivity index (χ2n) is 9.69. The Morgan fingerprint density at radius 3 is 1.82 bits per heavy atom. The van der Waals surface area contributed by atoms with E-state index in [9.17, 15) is 9.59 Å². The van der Waals surface area contributed by atoms with Crippen LogP contribution in [0, 0.1) is 0 Å². The van der Waals surface area contributed by atoms with E-state index in [2.05, 4.69) is 26.7 Å². The molecule has 1 fully saturated rings. The minimum Gasteiger partial charge on any atom is -0.491 e. The summed E-state index contributed by atoms with van der Waals surface area (Å²) in [6.45, 7) is 21.6. The highest BCUT2D eigenvalue weighted by molar-refractivity contribution is 5.81. The molecule has 8 heteroatoms. The summed E-state index contributed by atoms with van der Waals surface area (Å²) >= 11 is 0. The average Bonchev–Trinajstić information content (AvgIpc) is 3.58. The number of carbonyl (C=O) groups is 2. The lowest BCUT2D eigenvalue weighted by molar-refractivity contribution is -0.147. The molecule has 38 heavy (non-hydrogen) atoms. The van der Waals surface area contributed by atoms with Crippen molar-refractivity contribution in [3.05, 3.63) is 61.2 Å². The van der Waals surface area contributed by atoms with Gasteiger partial charge in [-0.1, -0.05) is 38.3 Å². The van der Waals surface area contributed by atoms with Gasteiger partial charge in [0.25, 0.3) is 0 Å². The molecule has 210 valence electrons. The van der Waals surface area contributed by atoms with E-state index in [0.717, 1.165) is 36.3 Å². The Bertz CT molecular complexity index is 986. The summed E-state index contributed by atoms with van der Waals surface area (Å²) in [5, 5.41) is 0. The highest BCUT2D eigenvalue weighted by atomic mass is 16.6. The van der Waals surface area contributed by atoms with Crippen LogP contribution in [0.5, 0.6) is 11.5 Å². The highest BCUT2D eigenvalue weighted by Crippen LogP contribution is 2.58. The van der Waals surface area contributed by atoms with Crippen molar-refractivity contribution >= 4 is 11.9 Å². The van der Waals surface area contributed by atoms with Crippen molar-refractivity contribution in [2.75, 3.05) is 26.4 Å². The number of ether oxygens (including phenoxy) is 6. The summed E-state index contributed by atoms with van der Waals surface area (Å²) in [5.41, 5.74) is 2.19. The van der Waals surface area contributed by atoms with Gasteiger partial charge in [-0.25, -0.2) is 9.59 Å². The van der Waals surface area contributed by atoms with E-state index in [1.807, 2.05) is 32.0 Å². The van der Waals surface area contributed by atoms with Crippen molar-refractivity contribution in [3.8, 4) is 11.5 Å². The lowest BCUT2D eigenvalue weighted by Gasteiger charge is -2.22. The summed E-state index contributed by atoms with van der Waals surface area (Å²) in [5.74, 6) is 0.419. The summed E-state index contributed by atoms with van der Waals surface area (Å²) in [7, 11) is 0. The van der Waals surface area contributed by atoms with Crippen LogP contribution in [-0.4, -0.2) is 62.8 Å². The number of carbonyl (C=O) groups excluding carboxylic acids is 2. The quantitative estimate of drug-likeness (QED) is 0.147. The largest absolute Gasteiger partial charge is 0.491 e. The normalized spacial score (nSPS) is 19.4. The van der Waals surface area contributed by atoms with Gasteiger partial charge in [0.15, 0.2) is 0 Å². The predicted octanol–water partition coefficient (Wildman–Crippen LogP) is 5.10. The molecule has 0 radical (unpaired) electrons. The van der Waals surface area contributed by atoms with E-state index in [0.29, 0.717) is 19.0 Å². The van der Waals surface area contributed by atoms with Gasteiger partial charge in [0, 0.05) is 29.2 Å². The molecule has 1 aromatic rings. The number of allylic oxidation sites excluding steroid dienone is 1. The van der Waals surface area contributed by atoms with Crippen LogP contribution in [0.4, 0.5) is 0 Å². The van der Waals surface area contributed by atoms with Crippen molar-refractivity contribution < 1.29 is 38.0 Å². The molecule has 2 rings (SSSR count). The first-order valence-electron chi connectivity index (χ1n) is 13.0. The van der Waals surface area contributed by atoms with Gasteiger partial charge in [0.1, 0.15) is 36.9 Å². The van der Waals surface area contributed by atoms with Crippen molar-refractivity contribution in [3.63, 3.8) is 0 Å². The summed E-state index contributed by atoms with van der Waals surface area (Å²) in [6, 6.07) is 5.86. The molecule has 0 N–H and O–H groups in total. The number of hydrogen-bond acceptors (Lipinski definition) is 8. The van der Waals surface area contributed by atoms with Gasteiger partial charge in [-0.2, -0.15) is 0 Å². The molecule has 0 saturated heterocycles. The Morgan fingerprint density at radius 2 is 1.37 bits per heavy atom. The standard InChI is InChI=1S/C30H42O8/c1-9-28(31)37-23(7)18-33-21(5)16-35-25-12-13-26(30(11-3)15-20(30)4)27(14-25)36-17-22(6)34-19-24(8)38-29(32)10-2/h9-10,12-14,21-24H,1-2,4,11,15-19H2,3,5-8H3. The molecule has 5 atom stereocenters. The fourth-order valence-corrected chi connectivity index (χ4v) is 3.96. The molecule has 0 bridgehead atoms. The van der Waals surface area contributed by atoms with E-state index in [1.54, 1.807) is 13.8 Å². The lowest BCUT2D eigenvalue weighted by Crippen LogP contribution is -2.26. The van der Waals surface area contributed by atoms with Crippen molar-refractivity contribution in [1.29, 1.82) is 0 Å². The summed E-state index contributed by atoms with van der Waals surface area (Å²) in [6.07, 6.45) is 2.87. The molecule has 1 aromatic carbocycles. The topological polar surface area (TPSA) is 89.5 Å². The monoisotopic (exact) mass is 530 g/mol. The van der Waals surface area contributed by atoms with Gasteiger partial charge < -0.3 is 28.4 Å². The van der Waals surface area contributed by atoms with Gasteiger partial charge >= 0.3 is 11.9 Å². The number of hydrogen-bond donors (Lipinski definition) is 0. The molecule has 0 aliphatic heterocycles. The molecular formula is C30H42O8. The molecule has 0 amide bonds. The second kappa shape index (κ2) is 14.7. The van der Waals surface area contributed by atoms with Crippen molar-refractivity contribution in [2.24, 2.45) is 0 Å². The molecule has 5 unspecified atom stereocenters. The zero-order chi connectivity index (χ0) is 28.3. The first kappa shape index (κ1) is 31.1. The minimum absolute atomic E-state index is 0.0826. The van der Waals surface area contributed by atoms with Crippen LogP contribution in [0.2, 0.25) is 0 Å². The second-order valence-corrected chi connectivity index (χ2v) is 9.69. The third kappa shape index (κ3) is 9.33. The SMILES string of the molecule is C=CC(=O)OC(C)COC(C)COc1ccc(C2(CC)CC2=C)c(OCC(C)OCC(C)OC(=O)C=C)c1. The molecule has 0 heterocycles. The highest BCUT2D eigenvalue weighted by Gasteiger charge is 2.48. The van der Waals surface area contributed by atoms with E-state index in [1.165, 1.54) is 5.57 Å². The third-order valence-electron chi connectivity index (χ3n) is 6.30. The molecular weight excluding hydrogens is 488 g/mol. The fraction of sp³-hybridized carbons (Fsp3) is 0.533. The lowest BCUT2D eigenvalue weighted by atomic mass is 9.91. The maximum atomic E-state index is 11.3. The Morgan fingerprint density at radius 1 is 0.868 bits per heavy atom. The van der Waals surface area contributed by atoms with Crippen LogP contribution in [0.3, 0.4) is 0 Å². The van der Waals surface area contributed by atoms with E-state index in [4.69, 9.17) is 28.4 Å². The van der Waals surface area contributed by atoms with Crippen LogP contribution >= 0.6 is 0 Å². The maximum absolute atomic E-state index is 11.3. The van der Waals surface area contributed by atoms with E-state index >= 15 is 0 Å². The van der Waals surface area contributed by atoms with Crippen molar-refractivity contribution in [2.45, 2.75) is 77.3 Å². The van der Waals surface area contributed by atoms with Gasteiger partial charge in [0.2, 0.25) is 0 Å². The first-order chi connectivity index (χ1) is 18.0. The Kier molecular flexibility index (Phi) is 12.1. The van der Waals surface area contributed by atoms with Gasteiger partial charge in [-0.05, 0) is 46.6 Å². The number of rotatable bonds is 18. The molecule has 1 saturated carbocycles. The molecule has 8 nitrogen and oxygen atoms in total. The Balaban J connectivity index is 1.97. The summed E-state index contributed by atoms with van der Waals surface area (Å²) < 4.78 is 34.0. The van der Waals surface area contributed by atoms with Crippen molar-refractivity contribution in [1.82, 2.24) is 0 Å². The number of benzene rings is 1. The van der Waals surface area contributed by atoms with Crippen LogP contribution in [0.25, 0.3) is 0 Å². The van der Waals surface area contributed by atoms with Crippen LogP contribution in [0.15, 0.2) is 55.7 Å². The van der Waals surface area contributed by atoms with E-state index in [-0.39, 0.29) is 36.9 Å². The summed E-state index contributed by atoms with van der Waals surface area (Å²) in [4.78, 5) is 22.6. The average molecular weight is 531 g/mol. The predicted molar refractivity (Wildman–Crippen MR) is 145 cm³/mol. The van der Waals surface area contributed by atoms with Crippen LogP contribution in [-0.2, 0) is 34.0 Å². The smallest absolute Gasteiger partial charge is 0.330 e. The van der Waals surface area contributed by atoms with Gasteiger partial charge in [0.05, 0.1) is 25.4 Å². The molecule has 1 aliphatic carbocycles. The Labute approximate surface area is 226 Å². The van der Waals surface area contributed by atoms with E-state index < -0.39 is 18.0 Å². The molecule has 1 aliphatic rings. The first-order valence-corrected chi connectivity index (χ1v) is 13.0. The fourth-order valence-electron chi connectivity index (χ4n) is 3.96. The van der Waals surface area contributed by atoms with Crippen LogP contribution < -0.4 is 9.47 Å². The zero-order valence-corrected chi connectivity index (χ0v) is 23.3. The molecule has 0 spiro atoms. The van der Waals surface area contributed by atoms with Gasteiger partial charge in [-0.3, -0.25) is 0 Å². The maximum Gasteiger partial charge on any atom is 0.330 e. The minimum atomic E-state index is -0.480. The van der Waals surface area contributed by atoms with Crippen LogP contribution in [0.1, 0.15) is 53.0 Å². The third-order valence-corrected chi connectivity index (χ3v) is 6.30.